The number of nitrogens with zero attached hydrogens (tertiary/aromatic N) is 2. The first kappa shape index (κ1) is 20.2. The third-order valence-electron chi connectivity index (χ3n) is 6.11. The zero-order chi connectivity index (χ0) is 20.2. The van der Waals surface area contributed by atoms with Gasteiger partial charge in [0.25, 0.3) is 11.9 Å². The number of hydrogen-bond acceptors (Lipinski definition) is 6. The molecule has 2 saturated heterocycles. The van der Waals surface area contributed by atoms with Crippen LogP contribution in [-0.4, -0.2) is 80.7 Å². The highest BCUT2D eigenvalue weighted by molar-refractivity contribution is 5.91. The first-order valence-electron chi connectivity index (χ1n) is 10.6. The van der Waals surface area contributed by atoms with Crippen LogP contribution in [0.1, 0.15) is 36.2 Å². The number of methoxy groups -OCH3 is 1. The van der Waals surface area contributed by atoms with E-state index in [9.17, 15) is 9.59 Å². The number of nitrogens with one attached hydrogen (secondary N) is 1. The quantitative estimate of drug-likeness (QED) is 0.703. The lowest BCUT2D eigenvalue weighted by Gasteiger charge is -2.38. The normalized spacial score (nSPS) is 24.0. The van der Waals surface area contributed by atoms with E-state index in [1.165, 1.54) is 26.5 Å². The van der Waals surface area contributed by atoms with E-state index in [-0.39, 0.29) is 30.3 Å². The standard InChI is InChI=1S/C21H31N3O5/c1-27-20-5-4-18(29-20)21(26)22-10-17-13-24(19(25)14-28-17)12-16-6-8-23(9-7-16)11-15-2-3-15/h4-5,15-17H,2-3,6-14H2,1H3,(H,22,26)/t17-/m1/s1. The Morgan fingerprint density at radius 1 is 1.17 bits per heavy atom. The number of amides is 2. The van der Waals surface area contributed by atoms with E-state index < -0.39 is 0 Å². The molecule has 0 aromatic carbocycles. The van der Waals surface area contributed by atoms with Crippen molar-refractivity contribution in [3.05, 3.63) is 17.9 Å². The molecule has 1 aromatic rings. The molecule has 2 aliphatic heterocycles. The van der Waals surface area contributed by atoms with Gasteiger partial charge in [0.05, 0.1) is 13.2 Å². The molecule has 4 rings (SSSR count). The Labute approximate surface area is 171 Å². The van der Waals surface area contributed by atoms with E-state index >= 15 is 0 Å². The maximum absolute atomic E-state index is 12.3. The second-order valence-corrected chi connectivity index (χ2v) is 8.45. The molecule has 160 valence electrons. The molecule has 29 heavy (non-hydrogen) atoms. The zero-order valence-corrected chi connectivity index (χ0v) is 17.1. The molecule has 8 nitrogen and oxygen atoms in total. The van der Waals surface area contributed by atoms with Gasteiger partial charge in [0.15, 0.2) is 5.76 Å². The number of furan rings is 1. The predicted octanol–water partition coefficient (Wildman–Crippen LogP) is 1.37. The molecule has 1 saturated carbocycles. The van der Waals surface area contributed by atoms with Crippen LogP contribution in [0, 0.1) is 11.8 Å². The Hall–Kier alpha value is -2.06. The second kappa shape index (κ2) is 9.17. The van der Waals surface area contributed by atoms with Gasteiger partial charge < -0.3 is 29.0 Å². The van der Waals surface area contributed by atoms with Crippen molar-refractivity contribution in [2.24, 2.45) is 11.8 Å². The van der Waals surface area contributed by atoms with Gasteiger partial charge in [0.1, 0.15) is 6.61 Å². The number of ether oxygens (including phenoxy) is 2. The summed E-state index contributed by atoms with van der Waals surface area (Å²) < 4.78 is 15.8. The molecule has 1 aromatic heterocycles. The summed E-state index contributed by atoms with van der Waals surface area (Å²) in [5.41, 5.74) is 0. The molecule has 0 radical (unpaired) electrons. The summed E-state index contributed by atoms with van der Waals surface area (Å²) in [4.78, 5) is 29.0. The number of carbonyl (C=O) groups excluding carboxylic acids is 2. The zero-order valence-electron chi connectivity index (χ0n) is 17.1. The van der Waals surface area contributed by atoms with Crippen molar-refractivity contribution in [2.45, 2.75) is 31.8 Å². The largest absolute Gasteiger partial charge is 0.468 e. The molecule has 3 heterocycles. The van der Waals surface area contributed by atoms with Gasteiger partial charge in [-0.3, -0.25) is 9.59 Å². The fourth-order valence-electron chi connectivity index (χ4n) is 4.15. The maximum Gasteiger partial charge on any atom is 0.287 e. The molecular weight excluding hydrogens is 374 g/mol. The first-order valence-corrected chi connectivity index (χ1v) is 10.6. The molecule has 1 atom stereocenters. The van der Waals surface area contributed by atoms with Crippen molar-refractivity contribution >= 4 is 11.8 Å². The van der Waals surface area contributed by atoms with Gasteiger partial charge in [0, 0.05) is 32.2 Å². The van der Waals surface area contributed by atoms with Crippen LogP contribution in [0.15, 0.2) is 16.5 Å². The van der Waals surface area contributed by atoms with Crippen LogP contribution in [0.2, 0.25) is 0 Å². The summed E-state index contributed by atoms with van der Waals surface area (Å²) in [5, 5.41) is 2.82. The van der Waals surface area contributed by atoms with Gasteiger partial charge in [-0.2, -0.15) is 0 Å². The van der Waals surface area contributed by atoms with Crippen molar-refractivity contribution in [2.75, 3.05) is 53.0 Å². The summed E-state index contributed by atoms with van der Waals surface area (Å²) >= 11 is 0. The highest BCUT2D eigenvalue weighted by Gasteiger charge is 2.31. The SMILES string of the molecule is COc1ccc(C(=O)NC[C@@H]2CN(CC3CCN(CC4CC4)CC3)C(=O)CO2)o1. The number of hydrogen-bond donors (Lipinski definition) is 1. The van der Waals surface area contributed by atoms with Gasteiger partial charge in [-0.1, -0.05) is 0 Å². The number of piperidine rings is 1. The molecule has 1 N–H and O–H groups in total. The summed E-state index contributed by atoms with van der Waals surface area (Å²) in [6.07, 6.45) is 4.89. The molecule has 2 amide bonds. The predicted molar refractivity (Wildman–Crippen MR) is 106 cm³/mol. The Bertz CT molecular complexity index is 709. The van der Waals surface area contributed by atoms with Crippen LogP contribution in [0.25, 0.3) is 0 Å². The van der Waals surface area contributed by atoms with E-state index in [1.807, 2.05) is 4.90 Å². The molecule has 8 heteroatoms. The van der Waals surface area contributed by atoms with E-state index in [4.69, 9.17) is 13.9 Å². The van der Waals surface area contributed by atoms with Crippen molar-refractivity contribution in [3.63, 3.8) is 0 Å². The number of likely N-dealkylation sites (tertiary alicyclic amines) is 1. The minimum atomic E-state index is -0.316. The van der Waals surface area contributed by atoms with Crippen LogP contribution in [0.3, 0.4) is 0 Å². The van der Waals surface area contributed by atoms with Gasteiger partial charge in [0.2, 0.25) is 5.91 Å². The molecule has 0 unspecified atom stereocenters. The van der Waals surface area contributed by atoms with E-state index in [1.54, 1.807) is 12.1 Å². The maximum atomic E-state index is 12.3. The average molecular weight is 405 g/mol. The summed E-state index contributed by atoms with van der Waals surface area (Å²) in [6, 6.07) is 3.17. The summed E-state index contributed by atoms with van der Waals surface area (Å²) in [7, 11) is 1.49. The molecule has 3 fully saturated rings. The van der Waals surface area contributed by atoms with Crippen molar-refractivity contribution in [1.29, 1.82) is 0 Å². The van der Waals surface area contributed by atoms with Crippen molar-refractivity contribution in [3.8, 4) is 5.95 Å². The second-order valence-electron chi connectivity index (χ2n) is 8.45. The molecular formula is C21H31N3O5. The topological polar surface area (TPSA) is 84.2 Å². The van der Waals surface area contributed by atoms with E-state index in [0.29, 0.717) is 25.0 Å². The van der Waals surface area contributed by atoms with E-state index in [2.05, 4.69) is 10.2 Å². The van der Waals surface area contributed by atoms with Gasteiger partial charge in [-0.05, 0) is 56.7 Å². The highest BCUT2D eigenvalue weighted by atomic mass is 16.6. The van der Waals surface area contributed by atoms with Crippen molar-refractivity contribution < 1.29 is 23.5 Å². The molecule has 0 bridgehead atoms. The number of carbonyl (C=O) groups is 2. The first-order chi connectivity index (χ1) is 14.1. The monoisotopic (exact) mass is 405 g/mol. The third-order valence-corrected chi connectivity index (χ3v) is 6.11. The lowest BCUT2D eigenvalue weighted by molar-refractivity contribution is -0.149. The fourth-order valence-corrected chi connectivity index (χ4v) is 4.15. The van der Waals surface area contributed by atoms with Gasteiger partial charge >= 0.3 is 0 Å². The highest BCUT2D eigenvalue weighted by Crippen LogP contribution is 2.31. The van der Waals surface area contributed by atoms with E-state index in [0.717, 1.165) is 38.4 Å². The average Bonchev–Trinajstić information content (AvgIpc) is 3.41. The van der Waals surface area contributed by atoms with Gasteiger partial charge in [-0.25, -0.2) is 0 Å². The summed E-state index contributed by atoms with van der Waals surface area (Å²) in [6.45, 7) is 5.27. The van der Waals surface area contributed by atoms with Crippen LogP contribution < -0.4 is 10.1 Å². The lowest BCUT2D eigenvalue weighted by Crippen LogP contribution is -2.52. The Kier molecular flexibility index (Phi) is 6.40. The van der Waals surface area contributed by atoms with Crippen LogP contribution in [0.5, 0.6) is 5.95 Å². The van der Waals surface area contributed by atoms with Crippen LogP contribution in [-0.2, 0) is 9.53 Å². The van der Waals surface area contributed by atoms with Gasteiger partial charge in [-0.15, -0.1) is 0 Å². The van der Waals surface area contributed by atoms with Crippen molar-refractivity contribution in [1.82, 2.24) is 15.1 Å². The molecule has 1 aliphatic carbocycles. The minimum absolute atomic E-state index is 0.0451. The van der Waals surface area contributed by atoms with Crippen LogP contribution >= 0.6 is 0 Å². The Morgan fingerprint density at radius 2 is 1.93 bits per heavy atom. The Balaban J connectivity index is 1.20. The number of rotatable bonds is 8. The lowest BCUT2D eigenvalue weighted by atomic mass is 9.95. The van der Waals surface area contributed by atoms with Crippen LogP contribution in [0.4, 0.5) is 0 Å². The molecule has 3 aliphatic rings. The fraction of sp³-hybridized carbons (Fsp3) is 0.714. The summed E-state index contributed by atoms with van der Waals surface area (Å²) in [5.74, 6) is 1.71. The number of morpholine rings is 1. The molecule has 0 spiro atoms. The third kappa shape index (κ3) is 5.51. The minimum Gasteiger partial charge on any atom is -0.468 e. The smallest absolute Gasteiger partial charge is 0.287 e. The Morgan fingerprint density at radius 3 is 2.62 bits per heavy atom.